The Morgan fingerprint density at radius 3 is 1.82 bits per heavy atom. The van der Waals surface area contributed by atoms with Gasteiger partial charge in [0, 0.05) is 26.2 Å². The molecule has 0 aromatic heterocycles. The van der Waals surface area contributed by atoms with Crippen molar-refractivity contribution in [1.29, 1.82) is 0 Å². The smallest absolute Gasteiger partial charge is 0.410 e. The minimum absolute atomic E-state index is 0.0723. The van der Waals surface area contributed by atoms with Crippen molar-refractivity contribution in [2.24, 2.45) is 5.41 Å². The van der Waals surface area contributed by atoms with Gasteiger partial charge in [-0.05, 0) is 19.3 Å². The second-order valence-electron chi connectivity index (χ2n) is 7.38. The summed E-state index contributed by atoms with van der Waals surface area (Å²) in [5.74, 6) is 0. The predicted octanol–water partition coefficient (Wildman–Crippen LogP) is 1.69. The molecule has 22 heavy (non-hydrogen) atoms. The van der Waals surface area contributed by atoms with Crippen molar-refractivity contribution in [2.45, 2.75) is 40.2 Å². The molecule has 7 heteroatoms. The Hall–Kier alpha value is -1.50. The van der Waals surface area contributed by atoms with Gasteiger partial charge >= 0.3 is 12.2 Å². The molecular formula is C15H28N2O5. The quantitative estimate of drug-likeness (QED) is 0.857. The van der Waals surface area contributed by atoms with Gasteiger partial charge in [-0.25, -0.2) is 9.59 Å². The van der Waals surface area contributed by atoms with E-state index in [2.05, 4.69) is 0 Å². The summed E-state index contributed by atoms with van der Waals surface area (Å²) in [5.41, 5.74) is -0.975. The van der Waals surface area contributed by atoms with Crippen LogP contribution in [0, 0.1) is 5.41 Å². The Morgan fingerprint density at radius 2 is 1.41 bits per heavy atom. The lowest BCUT2D eigenvalue weighted by atomic mass is 9.99. The average Bonchev–Trinajstić information content (AvgIpc) is 2.43. The number of carbonyl (C=O) groups excluding carboxylic acids is 2. The highest BCUT2D eigenvalue weighted by Gasteiger charge is 2.30. The van der Waals surface area contributed by atoms with Crippen molar-refractivity contribution in [3.63, 3.8) is 0 Å². The molecule has 0 aliphatic carbocycles. The highest BCUT2D eigenvalue weighted by atomic mass is 16.6. The predicted molar refractivity (Wildman–Crippen MR) is 81.6 cm³/mol. The molecule has 0 atom stereocenters. The number of rotatable bonds is 3. The van der Waals surface area contributed by atoms with E-state index < -0.39 is 11.7 Å². The first-order valence-electron chi connectivity index (χ1n) is 7.54. The lowest BCUT2D eigenvalue weighted by molar-refractivity contribution is -0.0263. The zero-order valence-electron chi connectivity index (χ0n) is 14.2. The minimum atomic E-state index is -0.903. The fourth-order valence-corrected chi connectivity index (χ4v) is 1.77. The Bertz CT molecular complexity index is 395. The monoisotopic (exact) mass is 316 g/mol. The summed E-state index contributed by atoms with van der Waals surface area (Å²) in [6, 6.07) is 0. The molecule has 0 unspecified atom stereocenters. The van der Waals surface area contributed by atoms with Crippen molar-refractivity contribution in [1.82, 2.24) is 9.80 Å². The third-order valence-electron chi connectivity index (χ3n) is 3.17. The molecule has 1 N–H and O–H groups in total. The van der Waals surface area contributed by atoms with Crippen LogP contribution in [0.25, 0.3) is 0 Å². The molecule has 0 saturated carbocycles. The molecule has 1 rings (SSSR count). The molecule has 1 saturated heterocycles. The molecule has 1 aliphatic heterocycles. The third kappa shape index (κ3) is 6.09. The van der Waals surface area contributed by atoms with Crippen LogP contribution in [-0.2, 0) is 9.47 Å². The Labute approximate surface area is 132 Å². The lowest BCUT2D eigenvalue weighted by Gasteiger charge is -2.35. The number of carbonyl (C=O) groups is 2. The molecule has 1 fully saturated rings. The van der Waals surface area contributed by atoms with Gasteiger partial charge in [0.15, 0.2) is 0 Å². The average molecular weight is 316 g/mol. The fraction of sp³-hybridized carbons (Fsp3) is 0.867. The van der Waals surface area contributed by atoms with Gasteiger partial charge in [0.25, 0.3) is 0 Å². The summed E-state index contributed by atoms with van der Waals surface area (Å²) in [6.07, 6.45) is -0.819. The third-order valence-corrected chi connectivity index (χ3v) is 3.17. The fourth-order valence-electron chi connectivity index (χ4n) is 1.77. The lowest BCUT2D eigenvalue weighted by Crippen LogP contribution is -2.52. The largest absolute Gasteiger partial charge is 0.449 e. The van der Waals surface area contributed by atoms with Crippen LogP contribution in [0.5, 0.6) is 0 Å². The number of hydrogen-bond donors (Lipinski definition) is 1. The van der Waals surface area contributed by atoms with E-state index in [0.717, 1.165) is 0 Å². The van der Waals surface area contributed by atoms with Gasteiger partial charge in [-0.2, -0.15) is 0 Å². The van der Waals surface area contributed by atoms with Gasteiger partial charge in [0.1, 0.15) is 5.60 Å². The molecule has 0 radical (unpaired) electrons. The van der Waals surface area contributed by atoms with E-state index in [1.54, 1.807) is 18.7 Å². The van der Waals surface area contributed by atoms with Crippen LogP contribution in [0.3, 0.4) is 0 Å². The number of amides is 2. The summed E-state index contributed by atoms with van der Waals surface area (Å²) < 4.78 is 10.5. The number of aliphatic hydroxyl groups excluding tert-OH is 1. The van der Waals surface area contributed by atoms with Gasteiger partial charge in [0.05, 0.1) is 13.2 Å². The SMILES string of the molecule is CC(C)(C)COC(=O)N1CCN(C(=O)OC(C)(C)CO)CC1. The minimum Gasteiger partial charge on any atom is -0.449 e. The Morgan fingerprint density at radius 1 is 0.955 bits per heavy atom. The first kappa shape index (κ1) is 18.5. The number of hydrogen-bond acceptors (Lipinski definition) is 5. The topological polar surface area (TPSA) is 79.3 Å². The standard InChI is InChI=1S/C15H28N2O5/c1-14(2,3)11-21-12(19)16-6-8-17(9-7-16)13(20)22-15(4,5)10-18/h18H,6-11H2,1-5H3. The molecule has 128 valence electrons. The van der Waals surface area contributed by atoms with Crippen molar-refractivity contribution in [3.05, 3.63) is 0 Å². The summed E-state index contributed by atoms with van der Waals surface area (Å²) in [4.78, 5) is 27.0. The normalized spacial score (nSPS) is 16.5. The van der Waals surface area contributed by atoms with Crippen LogP contribution in [0.2, 0.25) is 0 Å². The molecule has 0 aromatic rings. The summed E-state index contributed by atoms with van der Waals surface area (Å²) in [6.45, 7) is 11.0. The molecule has 0 aromatic carbocycles. The van der Waals surface area contributed by atoms with Crippen LogP contribution < -0.4 is 0 Å². The molecule has 1 aliphatic rings. The number of aliphatic hydroxyl groups is 1. The van der Waals surface area contributed by atoms with Crippen molar-refractivity contribution in [2.75, 3.05) is 39.4 Å². The summed E-state index contributed by atoms with van der Waals surface area (Å²) in [5, 5.41) is 9.12. The first-order valence-corrected chi connectivity index (χ1v) is 7.54. The van der Waals surface area contributed by atoms with Crippen LogP contribution in [0.1, 0.15) is 34.6 Å². The van der Waals surface area contributed by atoms with Crippen molar-refractivity contribution >= 4 is 12.2 Å². The van der Waals surface area contributed by atoms with Gasteiger partial charge in [-0.1, -0.05) is 20.8 Å². The number of nitrogens with zero attached hydrogens (tertiary/aromatic N) is 2. The summed E-state index contributed by atoms with van der Waals surface area (Å²) >= 11 is 0. The van der Waals surface area contributed by atoms with E-state index in [0.29, 0.717) is 32.8 Å². The van der Waals surface area contributed by atoms with E-state index in [-0.39, 0.29) is 18.1 Å². The van der Waals surface area contributed by atoms with Crippen LogP contribution in [0.15, 0.2) is 0 Å². The Balaban J connectivity index is 2.40. The van der Waals surface area contributed by atoms with Gasteiger partial charge < -0.3 is 24.4 Å². The van der Waals surface area contributed by atoms with Crippen molar-refractivity contribution in [3.8, 4) is 0 Å². The van der Waals surface area contributed by atoms with E-state index in [1.807, 2.05) is 20.8 Å². The van der Waals surface area contributed by atoms with Gasteiger partial charge in [0.2, 0.25) is 0 Å². The van der Waals surface area contributed by atoms with E-state index in [1.165, 1.54) is 4.90 Å². The maximum atomic E-state index is 12.0. The summed E-state index contributed by atoms with van der Waals surface area (Å²) in [7, 11) is 0. The molecular weight excluding hydrogens is 288 g/mol. The van der Waals surface area contributed by atoms with Gasteiger partial charge in [-0.3, -0.25) is 0 Å². The second kappa shape index (κ2) is 7.17. The second-order valence-corrected chi connectivity index (χ2v) is 7.38. The van der Waals surface area contributed by atoms with Crippen molar-refractivity contribution < 1.29 is 24.2 Å². The molecule has 0 bridgehead atoms. The van der Waals surface area contributed by atoms with E-state index in [9.17, 15) is 9.59 Å². The van der Waals surface area contributed by atoms with Crippen LogP contribution in [0.4, 0.5) is 9.59 Å². The maximum Gasteiger partial charge on any atom is 0.410 e. The zero-order valence-corrected chi connectivity index (χ0v) is 14.2. The molecule has 2 amide bonds. The molecule has 7 nitrogen and oxygen atoms in total. The Kier molecular flexibility index (Phi) is 6.05. The highest BCUT2D eigenvalue weighted by molar-refractivity contribution is 5.70. The maximum absolute atomic E-state index is 12.0. The number of ether oxygens (including phenoxy) is 2. The first-order chi connectivity index (χ1) is 10.0. The van der Waals surface area contributed by atoms with Gasteiger partial charge in [-0.15, -0.1) is 0 Å². The van der Waals surface area contributed by atoms with Crippen LogP contribution in [-0.4, -0.2) is 72.1 Å². The van der Waals surface area contributed by atoms with Crippen LogP contribution >= 0.6 is 0 Å². The van der Waals surface area contributed by atoms with E-state index in [4.69, 9.17) is 14.6 Å². The molecule has 0 spiro atoms. The van der Waals surface area contributed by atoms with E-state index >= 15 is 0 Å². The molecule has 1 heterocycles. The highest BCUT2D eigenvalue weighted by Crippen LogP contribution is 2.15. The number of piperazine rings is 1. The zero-order chi connectivity index (χ0) is 17.0.